The van der Waals surface area contributed by atoms with Gasteiger partial charge in [0.25, 0.3) is 0 Å². The maximum Gasteiger partial charge on any atom is 0.0488 e. The first-order valence-electron chi connectivity index (χ1n) is 8.32. The second-order valence-electron chi connectivity index (χ2n) is 7.30. The molecule has 1 fully saturated rings. The highest BCUT2D eigenvalue weighted by molar-refractivity contribution is 4.85. The van der Waals surface area contributed by atoms with Crippen LogP contribution in [-0.4, -0.2) is 26.3 Å². The summed E-state index contributed by atoms with van der Waals surface area (Å²) in [4.78, 5) is 0. The van der Waals surface area contributed by atoms with E-state index in [0.717, 1.165) is 25.7 Å². The van der Waals surface area contributed by atoms with Crippen molar-refractivity contribution in [3.05, 3.63) is 0 Å². The number of rotatable bonds is 9. The third kappa shape index (κ3) is 7.31. The van der Waals surface area contributed by atoms with Crippen molar-refractivity contribution in [1.82, 2.24) is 5.32 Å². The molecule has 0 radical (unpaired) electrons. The Morgan fingerprint density at radius 2 is 1.68 bits per heavy atom. The Bertz CT molecular complexity index is 219. The van der Waals surface area contributed by atoms with Crippen molar-refractivity contribution in [2.45, 2.75) is 66.2 Å². The summed E-state index contributed by atoms with van der Waals surface area (Å²) in [5, 5.41) is 3.69. The first-order chi connectivity index (χ1) is 9.04. The molecule has 1 aliphatic rings. The smallest absolute Gasteiger partial charge is 0.0488 e. The van der Waals surface area contributed by atoms with Gasteiger partial charge in [-0.05, 0) is 43.1 Å². The van der Waals surface area contributed by atoms with Crippen LogP contribution < -0.4 is 5.32 Å². The lowest BCUT2D eigenvalue weighted by Crippen LogP contribution is -2.38. The van der Waals surface area contributed by atoms with Crippen molar-refractivity contribution in [2.24, 2.45) is 17.3 Å². The highest BCUT2D eigenvalue weighted by atomic mass is 16.5. The van der Waals surface area contributed by atoms with E-state index in [4.69, 9.17) is 4.74 Å². The van der Waals surface area contributed by atoms with E-state index in [1.54, 1.807) is 0 Å². The minimum atomic E-state index is 0.518. The van der Waals surface area contributed by atoms with Gasteiger partial charge in [0, 0.05) is 19.8 Å². The van der Waals surface area contributed by atoms with Crippen LogP contribution in [0.4, 0.5) is 0 Å². The molecule has 0 spiro atoms. The van der Waals surface area contributed by atoms with Crippen LogP contribution in [0.25, 0.3) is 0 Å². The summed E-state index contributed by atoms with van der Waals surface area (Å²) in [6.07, 6.45) is 8.27. The molecule has 0 aromatic carbocycles. The van der Waals surface area contributed by atoms with E-state index < -0.39 is 0 Å². The molecule has 2 nitrogen and oxygen atoms in total. The van der Waals surface area contributed by atoms with Gasteiger partial charge in [-0.3, -0.25) is 0 Å². The third-order valence-electron chi connectivity index (χ3n) is 4.19. The molecule has 0 saturated heterocycles. The molecule has 2 heteroatoms. The molecule has 0 atom stereocenters. The summed E-state index contributed by atoms with van der Waals surface area (Å²) in [5.41, 5.74) is 0.518. The first-order valence-corrected chi connectivity index (χ1v) is 8.32. The van der Waals surface area contributed by atoms with E-state index in [0.29, 0.717) is 11.3 Å². The zero-order valence-corrected chi connectivity index (χ0v) is 13.6. The Kier molecular flexibility index (Phi) is 8.01. The fourth-order valence-corrected chi connectivity index (χ4v) is 3.05. The lowest BCUT2D eigenvalue weighted by Gasteiger charge is -2.38. The standard InChI is InChI=1S/C17H35NO/c1-15(2)12-18-14-17(8-6-5-7-9-17)10-11-19-13-16(3)4/h15-16,18H,5-14H2,1-4H3. The van der Waals surface area contributed by atoms with E-state index in [1.165, 1.54) is 45.1 Å². The van der Waals surface area contributed by atoms with Crippen molar-refractivity contribution in [2.75, 3.05) is 26.3 Å². The number of hydrogen-bond donors (Lipinski definition) is 1. The number of hydrogen-bond acceptors (Lipinski definition) is 2. The average molecular weight is 269 g/mol. The molecule has 114 valence electrons. The molecule has 1 aliphatic carbocycles. The second kappa shape index (κ2) is 8.97. The quantitative estimate of drug-likeness (QED) is 0.632. The molecular formula is C17H35NO. The summed E-state index contributed by atoms with van der Waals surface area (Å²) < 4.78 is 5.82. The molecule has 0 heterocycles. The van der Waals surface area contributed by atoms with Crippen LogP contribution in [0.5, 0.6) is 0 Å². The largest absolute Gasteiger partial charge is 0.381 e. The van der Waals surface area contributed by atoms with Gasteiger partial charge >= 0.3 is 0 Å². The number of nitrogens with one attached hydrogen (secondary N) is 1. The molecule has 0 bridgehead atoms. The molecule has 0 aromatic heterocycles. The van der Waals surface area contributed by atoms with Gasteiger partial charge < -0.3 is 10.1 Å². The highest BCUT2D eigenvalue weighted by Gasteiger charge is 2.31. The van der Waals surface area contributed by atoms with Gasteiger partial charge in [0.05, 0.1) is 0 Å². The minimum Gasteiger partial charge on any atom is -0.381 e. The van der Waals surface area contributed by atoms with Gasteiger partial charge in [-0.15, -0.1) is 0 Å². The summed E-state index contributed by atoms with van der Waals surface area (Å²) in [6.45, 7) is 13.2. The van der Waals surface area contributed by atoms with E-state index >= 15 is 0 Å². The van der Waals surface area contributed by atoms with Crippen LogP contribution in [0, 0.1) is 17.3 Å². The van der Waals surface area contributed by atoms with Gasteiger partial charge in [-0.25, -0.2) is 0 Å². The first kappa shape index (κ1) is 17.0. The predicted molar refractivity (Wildman–Crippen MR) is 83.5 cm³/mol. The predicted octanol–water partition coefficient (Wildman–Crippen LogP) is 4.25. The highest BCUT2D eigenvalue weighted by Crippen LogP contribution is 2.38. The third-order valence-corrected chi connectivity index (χ3v) is 4.19. The van der Waals surface area contributed by atoms with Crippen molar-refractivity contribution >= 4 is 0 Å². The van der Waals surface area contributed by atoms with Crippen molar-refractivity contribution in [3.63, 3.8) is 0 Å². The van der Waals surface area contributed by atoms with Gasteiger partial charge in [0.1, 0.15) is 0 Å². The van der Waals surface area contributed by atoms with Crippen LogP contribution in [0.3, 0.4) is 0 Å². The maximum atomic E-state index is 5.82. The fraction of sp³-hybridized carbons (Fsp3) is 1.00. The molecule has 1 saturated carbocycles. The lowest BCUT2D eigenvalue weighted by atomic mass is 9.72. The second-order valence-corrected chi connectivity index (χ2v) is 7.30. The Morgan fingerprint density at radius 1 is 1.00 bits per heavy atom. The van der Waals surface area contributed by atoms with E-state index in [-0.39, 0.29) is 0 Å². The van der Waals surface area contributed by atoms with Crippen LogP contribution in [0.1, 0.15) is 66.2 Å². The SMILES string of the molecule is CC(C)CNCC1(CCOCC(C)C)CCCCC1. The Morgan fingerprint density at radius 3 is 2.26 bits per heavy atom. The molecule has 19 heavy (non-hydrogen) atoms. The van der Waals surface area contributed by atoms with Crippen LogP contribution in [-0.2, 0) is 4.74 Å². The zero-order valence-electron chi connectivity index (χ0n) is 13.6. The van der Waals surface area contributed by atoms with Crippen molar-refractivity contribution < 1.29 is 4.74 Å². The molecule has 0 aromatic rings. The van der Waals surface area contributed by atoms with E-state index in [1.807, 2.05) is 0 Å². The van der Waals surface area contributed by atoms with Gasteiger partial charge in [0.2, 0.25) is 0 Å². The Hall–Kier alpha value is -0.0800. The van der Waals surface area contributed by atoms with Crippen molar-refractivity contribution in [3.8, 4) is 0 Å². The average Bonchev–Trinajstić information content (AvgIpc) is 2.35. The van der Waals surface area contributed by atoms with Gasteiger partial charge in [0.15, 0.2) is 0 Å². The fourth-order valence-electron chi connectivity index (χ4n) is 3.05. The molecule has 0 aliphatic heterocycles. The summed E-state index contributed by atoms with van der Waals surface area (Å²) in [6, 6.07) is 0. The van der Waals surface area contributed by atoms with Crippen LogP contribution in [0.15, 0.2) is 0 Å². The maximum absolute atomic E-state index is 5.82. The van der Waals surface area contributed by atoms with E-state index in [2.05, 4.69) is 33.0 Å². The summed E-state index contributed by atoms with van der Waals surface area (Å²) >= 11 is 0. The number of ether oxygens (including phenoxy) is 1. The van der Waals surface area contributed by atoms with Crippen LogP contribution in [0.2, 0.25) is 0 Å². The lowest BCUT2D eigenvalue weighted by molar-refractivity contribution is 0.0599. The molecular weight excluding hydrogens is 234 g/mol. The Labute approximate surface area is 120 Å². The summed E-state index contributed by atoms with van der Waals surface area (Å²) in [5.74, 6) is 1.40. The molecule has 1 N–H and O–H groups in total. The molecule has 1 rings (SSSR count). The molecule has 0 amide bonds. The Balaban J connectivity index is 2.32. The topological polar surface area (TPSA) is 21.3 Å². The summed E-state index contributed by atoms with van der Waals surface area (Å²) in [7, 11) is 0. The normalized spacial score (nSPS) is 19.3. The molecule has 0 unspecified atom stereocenters. The van der Waals surface area contributed by atoms with E-state index in [9.17, 15) is 0 Å². The van der Waals surface area contributed by atoms with Gasteiger partial charge in [-0.1, -0.05) is 47.0 Å². The zero-order chi connectivity index (χ0) is 14.1. The monoisotopic (exact) mass is 269 g/mol. The van der Waals surface area contributed by atoms with Gasteiger partial charge in [-0.2, -0.15) is 0 Å². The van der Waals surface area contributed by atoms with Crippen LogP contribution >= 0.6 is 0 Å². The van der Waals surface area contributed by atoms with Crippen molar-refractivity contribution in [1.29, 1.82) is 0 Å². The minimum absolute atomic E-state index is 0.518.